The SMILES string of the molecule is O=C(c1cccc(C(F)(F)F)c1Cl)N1C=Cc2c(nnn2Cc2cccc(F)n2)C1. The van der Waals surface area contributed by atoms with E-state index < -0.39 is 28.6 Å². The molecule has 4 rings (SSSR count). The summed E-state index contributed by atoms with van der Waals surface area (Å²) >= 11 is 5.85. The molecule has 0 atom stereocenters. The summed E-state index contributed by atoms with van der Waals surface area (Å²) in [6.07, 6.45) is -1.70. The Morgan fingerprint density at radius 1 is 1.17 bits per heavy atom. The van der Waals surface area contributed by atoms with E-state index in [0.717, 1.165) is 12.1 Å². The van der Waals surface area contributed by atoms with Gasteiger partial charge in [-0.2, -0.15) is 17.6 Å². The summed E-state index contributed by atoms with van der Waals surface area (Å²) in [5, 5.41) is 7.35. The zero-order chi connectivity index (χ0) is 21.5. The van der Waals surface area contributed by atoms with Gasteiger partial charge in [0, 0.05) is 6.20 Å². The maximum atomic E-state index is 13.3. The van der Waals surface area contributed by atoms with Gasteiger partial charge < -0.3 is 4.90 Å². The topological polar surface area (TPSA) is 63.9 Å². The van der Waals surface area contributed by atoms with Crippen LogP contribution in [0, 0.1) is 5.95 Å². The van der Waals surface area contributed by atoms with E-state index in [1.54, 1.807) is 12.1 Å². The Morgan fingerprint density at radius 3 is 2.67 bits per heavy atom. The number of aromatic nitrogens is 4. The van der Waals surface area contributed by atoms with Gasteiger partial charge in [-0.25, -0.2) is 9.67 Å². The molecule has 1 aliphatic heterocycles. The summed E-state index contributed by atoms with van der Waals surface area (Å²) in [4.78, 5) is 17.7. The van der Waals surface area contributed by atoms with E-state index >= 15 is 0 Å². The molecule has 0 saturated heterocycles. The standard InChI is InChI=1S/C19H12ClF4N5O/c20-17-12(4-2-5-13(17)19(22,23)24)18(30)28-8-7-15-14(10-28)26-27-29(15)9-11-3-1-6-16(21)25-11/h1-8H,9-10H2. The number of benzene rings is 1. The number of carbonyl (C=O) groups excluding carboxylic acids is 1. The van der Waals surface area contributed by atoms with Crippen LogP contribution in [-0.2, 0) is 19.3 Å². The summed E-state index contributed by atoms with van der Waals surface area (Å²) in [5.74, 6) is -1.32. The fraction of sp³-hybridized carbons (Fsp3) is 0.158. The molecule has 0 N–H and O–H groups in total. The molecule has 11 heteroatoms. The average Bonchev–Trinajstić information content (AvgIpc) is 3.09. The van der Waals surface area contributed by atoms with Gasteiger partial charge in [0.05, 0.1) is 40.6 Å². The number of pyridine rings is 1. The number of fused-ring (bicyclic) bond motifs is 1. The first-order valence-corrected chi connectivity index (χ1v) is 9.00. The largest absolute Gasteiger partial charge is 0.417 e. The molecule has 2 aromatic heterocycles. The molecule has 6 nitrogen and oxygen atoms in total. The average molecular weight is 438 g/mol. The molecule has 154 valence electrons. The Hall–Kier alpha value is -3.27. The molecule has 0 spiro atoms. The van der Waals surface area contributed by atoms with Gasteiger partial charge in [0.15, 0.2) is 0 Å². The minimum atomic E-state index is -4.67. The molecule has 0 radical (unpaired) electrons. The van der Waals surface area contributed by atoms with Gasteiger partial charge in [-0.3, -0.25) is 4.79 Å². The van der Waals surface area contributed by atoms with Crippen LogP contribution in [-0.4, -0.2) is 30.8 Å². The highest BCUT2D eigenvalue weighted by molar-refractivity contribution is 6.34. The van der Waals surface area contributed by atoms with Crippen molar-refractivity contribution in [2.24, 2.45) is 0 Å². The lowest BCUT2D eigenvalue weighted by atomic mass is 10.1. The van der Waals surface area contributed by atoms with Crippen molar-refractivity contribution in [2.45, 2.75) is 19.3 Å². The van der Waals surface area contributed by atoms with Gasteiger partial charge in [-0.15, -0.1) is 5.10 Å². The molecule has 0 aliphatic carbocycles. The monoisotopic (exact) mass is 437 g/mol. The highest BCUT2D eigenvalue weighted by Gasteiger charge is 2.35. The third-order valence-corrected chi connectivity index (χ3v) is 4.87. The summed E-state index contributed by atoms with van der Waals surface area (Å²) in [7, 11) is 0. The van der Waals surface area contributed by atoms with Crippen molar-refractivity contribution in [2.75, 3.05) is 0 Å². The summed E-state index contributed by atoms with van der Waals surface area (Å²) in [5.41, 5.74) is 0.108. The van der Waals surface area contributed by atoms with Crippen molar-refractivity contribution in [3.63, 3.8) is 0 Å². The smallest absolute Gasteiger partial charge is 0.309 e. The van der Waals surface area contributed by atoms with Gasteiger partial charge in [0.2, 0.25) is 5.95 Å². The van der Waals surface area contributed by atoms with Crippen molar-refractivity contribution in [3.8, 4) is 0 Å². The zero-order valence-corrected chi connectivity index (χ0v) is 15.8. The normalized spacial score (nSPS) is 13.4. The van der Waals surface area contributed by atoms with Crippen LogP contribution in [0.4, 0.5) is 17.6 Å². The molecule has 0 unspecified atom stereocenters. The molecule has 0 saturated carbocycles. The van der Waals surface area contributed by atoms with Crippen molar-refractivity contribution in [1.82, 2.24) is 24.9 Å². The van der Waals surface area contributed by atoms with E-state index in [1.807, 2.05) is 0 Å². The first kappa shape index (κ1) is 20.0. The van der Waals surface area contributed by atoms with Crippen molar-refractivity contribution in [1.29, 1.82) is 0 Å². The molecule has 1 aromatic carbocycles. The minimum Gasteiger partial charge on any atom is -0.309 e. The van der Waals surface area contributed by atoms with Crippen LogP contribution < -0.4 is 0 Å². The van der Waals surface area contributed by atoms with E-state index in [1.165, 1.54) is 34.0 Å². The number of hydrogen-bond acceptors (Lipinski definition) is 4. The fourth-order valence-corrected chi connectivity index (χ4v) is 3.36. The lowest BCUT2D eigenvalue weighted by molar-refractivity contribution is -0.137. The van der Waals surface area contributed by atoms with Crippen molar-refractivity contribution in [3.05, 3.63) is 81.8 Å². The first-order chi connectivity index (χ1) is 14.2. The zero-order valence-electron chi connectivity index (χ0n) is 15.1. The Bertz CT molecular complexity index is 1160. The van der Waals surface area contributed by atoms with Crippen molar-refractivity contribution < 1.29 is 22.4 Å². The number of amides is 1. The number of rotatable bonds is 3. The summed E-state index contributed by atoms with van der Waals surface area (Å²) in [6.45, 7) is 0.158. The highest BCUT2D eigenvalue weighted by atomic mass is 35.5. The van der Waals surface area contributed by atoms with Gasteiger partial charge in [0.25, 0.3) is 5.91 Å². The Morgan fingerprint density at radius 2 is 1.93 bits per heavy atom. The van der Waals surface area contributed by atoms with Gasteiger partial charge in [-0.05, 0) is 30.3 Å². The number of hydrogen-bond donors (Lipinski definition) is 0. The lowest BCUT2D eigenvalue weighted by Crippen LogP contribution is -2.28. The van der Waals surface area contributed by atoms with Gasteiger partial charge >= 0.3 is 6.18 Å². The molecule has 3 heterocycles. The molecule has 3 aromatic rings. The third kappa shape index (κ3) is 3.78. The second-order valence-electron chi connectivity index (χ2n) is 6.44. The third-order valence-electron chi connectivity index (χ3n) is 4.46. The van der Waals surface area contributed by atoms with Crippen LogP contribution in [0.2, 0.25) is 5.02 Å². The quantitative estimate of drug-likeness (QED) is 0.456. The van der Waals surface area contributed by atoms with Crippen LogP contribution >= 0.6 is 11.6 Å². The molecule has 1 amide bonds. The number of nitrogens with zero attached hydrogens (tertiary/aromatic N) is 5. The van der Waals surface area contributed by atoms with E-state index in [2.05, 4.69) is 15.3 Å². The van der Waals surface area contributed by atoms with Gasteiger partial charge in [0.1, 0.15) is 5.69 Å². The minimum absolute atomic E-state index is 0.00613. The van der Waals surface area contributed by atoms with E-state index in [4.69, 9.17) is 11.6 Å². The molecular weight excluding hydrogens is 426 g/mol. The number of carbonyl (C=O) groups is 1. The van der Waals surface area contributed by atoms with E-state index in [9.17, 15) is 22.4 Å². The van der Waals surface area contributed by atoms with Crippen molar-refractivity contribution >= 4 is 23.6 Å². The predicted molar refractivity (Wildman–Crippen MR) is 98.7 cm³/mol. The summed E-state index contributed by atoms with van der Waals surface area (Å²) in [6, 6.07) is 7.56. The highest BCUT2D eigenvalue weighted by Crippen LogP contribution is 2.36. The molecule has 0 fully saturated rings. The number of halogens is 5. The molecule has 1 aliphatic rings. The molecule has 0 bridgehead atoms. The van der Waals surface area contributed by atoms with E-state index in [0.29, 0.717) is 17.1 Å². The van der Waals surface area contributed by atoms with Crippen LogP contribution in [0.25, 0.3) is 6.08 Å². The van der Waals surface area contributed by atoms with E-state index in [-0.39, 0.29) is 18.7 Å². The van der Waals surface area contributed by atoms with Crippen LogP contribution in [0.15, 0.2) is 42.6 Å². The van der Waals surface area contributed by atoms with Crippen LogP contribution in [0.1, 0.15) is 33.0 Å². The Kier molecular flexibility index (Phi) is 5.02. The van der Waals surface area contributed by atoms with Crippen LogP contribution in [0.3, 0.4) is 0 Å². The number of alkyl halides is 3. The van der Waals surface area contributed by atoms with Crippen LogP contribution in [0.5, 0.6) is 0 Å². The maximum absolute atomic E-state index is 13.3. The second kappa shape index (κ2) is 7.52. The lowest BCUT2D eigenvalue weighted by Gasteiger charge is -2.22. The Balaban J connectivity index is 1.57. The first-order valence-electron chi connectivity index (χ1n) is 8.62. The second-order valence-corrected chi connectivity index (χ2v) is 6.82. The Labute approximate surface area is 172 Å². The fourth-order valence-electron chi connectivity index (χ4n) is 3.04. The molecule has 30 heavy (non-hydrogen) atoms. The summed E-state index contributed by atoms with van der Waals surface area (Å²) < 4.78 is 54.0. The van der Waals surface area contributed by atoms with Gasteiger partial charge in [-0.1, -0.05) is 28.9 Å². The molecular formula is C19H12ClF4N5O. The predicted octanol–water partition coefficient (Wildman–Crippen LogP) is 4.16. The maximum Gasteiger partial charge on any atom is 0.417 e.